The van der Waals surface area contributed by atoms with E-state index in [4.69, 9.17) is 11.6 Å². The molecule has 2 saturated heterocycles. The van der Waals surface area contributed by atoms with E-state index >= 15 is 0 Å². The van der Waals surface area contributed by atoms with Crippen LogP contribution in [-0.2, 0) is 0 Å². The van der Waals surface area contributed by atoms with Crippen LogP contribution in [0.2, 0.25) is 0 Å². The molecule has 2 rings (SSSR count). The van der Waals surface area contributed by atoms with Gasteiger partial charge >= 0.3 is 10.9 Å². The molecular weight excluding hydrogens is 338 g/mol. The maximum absolute atomic E-state index is 11.5. The Bertz CT molecular complexity index is 510. The fourth-order valence-electron chi connectivity index (χ4n) is 2.29. The smallest absolute Gasteiger partial charge is 0.359 e. The van der Waals surface area contributed by atoms with Crippen LogP contribution in [0.5, 0.6) is 0 Å². The number of likely N-dealkylation sites (tertiary alicyclic amines) is 1. The second-order valence-electron chi connectivity index (χ2n) is 4.53. The lowest BCUT2D eigenvalue weighted by atomic mass is 10.1. The number of hydrogen-bond acceptors (Lipinski definition) is 7. The normalized spacial score (nSPS) is 20.2. The molecule has 2 fully saturated rings. The van der Waals surface area contributed by atoms with E-state index in [1.807, 2.05) is 0 Å². The standard InChI is InChI=1S/C11H14ClN3O4S2/c12-10(15(18)19)8(13-4-2-1-3-5-13)9(14(16)17)11-20-6-7-21-11/h1-7H2/b10-8-. The van der Waals surface area contributed by atoms with Gasteiger partial charge in [-0.1, -0.05) is 0 Å². The number of nitrogens with zero attached hydrogens (tertiary/aromatic N) is 3. The van der Waals surface area contributed by atoms with Crippen LogP contribution in [0.15, 0.2) is 20.8 Å². The first-order valence-corrected chi connectivity index (χ1v) is 8.81. The van der Waals surface area contributed by atoms with E-state index in [0.29, 0.717) is 17.3 Å². The Kier molecular flexibility index (Phi) is 5.77. The lowest BCUT2D eigenvalue weighted by Crippen LogP contribution is -2.33. The predicted molar refractivity (Wildman–Crippen MR) is 84.2 cm³/mol. The van der Waals surface area contributed by atoms with Gasteiger partial charge in [-0.3, -0.25) is 20.2 Å². The molecule has 0 saturated carbocycles. The van der Waals surface area contributed by atoms with Crippen LogP contribution in [0, 0.1) is 20.2 Å². The number of piperidine rings is 1. The highest BCUT2D eigenvalue weighted by Crippen LogP contribution is 2.42. The molecule has 2 aliphatic heterocycles. The van der Waals surface area contributed by atoms with Crippen LogP contribution in [0.3, 0.4) is 0 Å². The van der Waals surface area contributed by atoms with Crippen molar-refractivity contribution in [2.24, 2.45) is 0 Å². The minimum absolute atomic E-state index is 0.0386. The lowest BCUT2D eigenvalue weighted by molar-refractivity contribution is -0.433. The Balaban J connectivity index is 2.51. The Hall–Kier alpha value is -0.930. The molecule has 0 spiro atoms. The van der Waals surface area contributed by atoms with Crippen LogP contribution in [-0.4, -0.2) is 39.3 Å². The summed E-state index contributed by atoms with van der Waals surface area (Å²) < 4.78 is 0.514. The minimum Gasteiger partial charge on any atom is -0.359 e. The average molecular weight is 352 g/mol. The van der Waals surface area contributed by atoms with E-state index < -0.39 is 15.0 Å². The highest BCUT2D eigenvalue weighted by Gasteiger charge is 2.37. The van der Waals surface area contributed by atoms with Crippen LogP contribution in [0.1, 0.15) is 19.3 Å². The largest absolute Gasteiger partial charge is 0.367 e. The Morgan fingerprint density at radius 1 is 1.05 bits per heavy atom. The molecule has 2 aliphatic rings. The van der Waals surface area contributed by atoms with Gasteiger partial charge in [-0.2, -0.15) is 0 Å². The first kappa shape index (κ1) is 16.4. The molecule has 2 heterocycles. The second kappa shape index (κ2) is 7.37. The summed E-state index contributed by atoms with van der Waals surface area (Å²) in [5.41, 5.74) is -0.255. The molecule has 0 N–H and O–H groups in total. The fraction of sp³-hybridized carbons (Fsp3) is 0.636. The molecule has 0 aromatic carbocycles. The highest BCUT2D eigenvalue weighted by atomic mass is 35.5. The van der Waals surface area contributed by atoms with Gasteiger partial charge in [0.2, 0.25) is 5.70 Å². The van der Waals surface area contributed by atoms with Crippen molar-refractivity contribution in [2.45, 2.75) is 19.3 Å². The Labute approximate surface area is 135 Å². The SMILES string of the molecule is O=[N+]([O-])C(=C1SCCS1)/C(=C(\Cl)[N+](=O)[O-])N1CCCCC1. The molecule has 0 bridgehead atoms. The zero-order valence-corrected chi connectivity index (χ0v) is 13.5. The first-order chi connectivity index (χ1) is 10.0. The molecule has 7 nitrogen and oxygen atoms in total. The molecule has 21 heavy (non-hydrogen) atoms. The van der Waals surface area contributed by atoms with Gasteiger partial charge in [0.15, 0.2) is 0 Å². The summed E-state index contributed by atoms with van der Waals surface area (Å²) in [5, 5.41) is 21.9. The van der Waals surface area contributed by atoms with E-state index in [1.54, 1.807) is 4.90 Å². The predicted octanol–water partition coefficient (Wildman–Crippen LogP) is 3.08. The molecule has 0 radical (unpaired) electrons. The maximum atomic E-state index is 11.5. The van der Waals surface area contributed by atoms with E-state index in [9.17, 15) is 20.2 Å². The van der Waals surface area contributed by atoms with E-state index in [2.05, 4.69) is 0 Å². The van der Waals surface area contributed by atoms with Gasteiger partial charge in [-0.25, -0.2) is 0 Å². The summed E-state index contributed by atoms with van der Waals surface area (Å²) in [7, 11) is 0. The van der Waals surface area contributed by atoms with E-state index in [1.165, 1.54) is 23.5 Å². The number of nitro groups is 2. The molecule has 0 aromatic rings. The Morgan fingerprint density at radius 3 is 2.10 bits per heavy atom. The monoisotopic (exact) mass is 351 g/mol. The van der Waals surface area contributed by atoms with Crippen LogP contribution in [0.25, 0.3) is 0 Å². The van der Waals surface area contributed by atoms with Crippen molar-refractivity contribution in [3.63, 3.8) is 0 Å². The lowest BCUT2D eigenvalue weighted by Gasteiger charge is -2.28. The van der Waals surface area contributed by atoms with Gasteiger partial charge in [0.25, 0.3) is 0 Å². The molecule has 0 aliphatic carbocycles. The molecule has 0 amide bonds. The summed E-state index contributed by atoms with van der Waals surface area (Å²) in [6.45, 7) is 1.11. The average Bonchev–Trinajstić information content (AvgIpc) is 2.98. The molecular formula is C11H14ClN3O4S2. The third-order valence-electron chi connectivity index (χ3n) is 3.18. The van der Waals surface area contributed by atoms with Crippen molar-refractivity contribution in [3.8, 4) is 0 Å². The third-order valence-corrected chi connectivity index (χ3v) is 6.19. The Morgan fingerprint density at radius 2 is 1.62 bits per heavy atom. The zero-order chi connectivity index (χ0) is 15.4. The van der Waals surface area contributed by atoms with Crippen LogP contribution < -0.4 is 0 Å². The molecule has 0 unspecified atom stereocenters. The number of rotatable bonds is 4. The van der Waals surface area contributed by atoms with Gasteiger partial charge in [-0.15, -0.1) is 23.5 Å². The molecule has 0 aromatic heterocycles. The zero-order valence-electron chi connectivity index (χ0n) is 11.1. The number of thioether (sulfide) groups is 2. The summed E-state index contributed by atoms with van der Waals surface area (Å²) in [6, 6.07) is 0. The maximum Gasteiger partial charge on any atom is 0.367 e. The molecule has 116 valence electrons. The fourth-order valence-corrected chi connectivity index (χ4v) is 4.98. The van der Waals surface area contributed by atoms with Crippen molar-refractivity contribution in [2.75, 3.05) is 24.6 Å². The van der Waals surface area contributed by atoms with Crippen LogP contribution >= 0.6 is 35.1 Å². The summed E-state index contributed by atoms with van der Waals surface area (Å²) in [6.07, 6.45) is 2.73. The quantitative estimate of drug-likeness (QED) is 0.436. The summed E-state index contributed by atoms with van der Waals surface area (Å²) in [5.74, 6) is 1.53. The first-order valence-electron chi connectivity index (χ1n) is 6.46. The summed E-state index contributed by atoms with van der Waals surface area (Å²) in [4.78, 5) is 22.9. The van der Waals surface area contributed by atoms with E-state index in [0.717, 1.165) is 30.8 Å². The van der Waals surface area contributed by atoms with Gasteiger partial charge < -0.3 is 4.90 Å². The van der Waals surface area contributed by atoms with Gasteiger partial charge in [-0.05, 0) is 30.9 Å². The van der Waals surface area contributed by atoms with Crippen molar-refractivity contribution in [3.05, 3.63) is 41.0 Å². The summed E-state index contributed by atoms with van der Waals surface area (Å²) >= 11 is 8.53. The number of halogens is 1. The van der Waals surface area contributed by atoms with Crippen molar-refractivity contribution in [1.29, 1.82) is 0 Å². The van der Waals surface area contributed by atoms with Crippen LogP contribution in [0.4, 0.5) is 0 Å². The van der Waals surface area contributed by atoms with Crippen molar-refractivity contribution in [1.82, 2.24) is 4.90 Å². The third kappa shape index (κ3) is 3.83. The van der Waals surface area contributed by atoms with Gasteiger partial charge in [0.05, 0.1) is 9.85 Å². The number of hydrogen-bond donors (Lipinski definition) is 0. The molecule has 0 atom stereocenters. The van der Waals surface area contributed by atoms with Gasteiger partial charge in [0.1, 0.15) is 4.24 Å². The minimum atomic E-state index is -0.750. The second-order valence-corrected chi connectivity index (χ2v) is 7.36. The topological polar surface area (TPSA) is 89.5 Å². The molecule has 10 heteroatoms. The van der Waals surface area contributed by atoms with Crippen molar-refractivity contribution < 1.29 is 9.85 Å². The van der Waals surface area contributed by atoms with E-state index in [-0.39, 0.29) is 11.4 Å². The van der Waals surface area contributed by atoms with Crippen molar-refractivity contribution >= 4 is 35.1 Å². The van der Waals surface area contributed by atoms with Gasteiger partial charge in [0, 0.05) is 24.6 Å². The highest BCUT2D eigenvalue weighted by molar-refractivity contribution is 8.25.